The van der Waals surface area contributed by atoms with E-state index in [9.17, 15) is 9.59 Å². The van der Waals surface area contributed by atoms with Crippen molar-refractivity contribution >= 4 is 29.1 Å². The van der Waals surface area contributed by atoms with Crippen LogP contribution in [0.2, 0.25) is 0 Å². The number of nitriles is 1. The largest absolute Gasteiger partial charge is 0.478 e. The molecule has 0 spiro atoms. The lowest BCUT2D eigenvalue weighted by Crippen LogP contribution is -2.40. The molecular formula is C33H29N3O4S. The van der Waals surface area contributed by atoms with Crippen molar-refractivity contribution < 1.29 is 14.3 Å². The molecule has 0 unspecified atom stereocenters. The number of fused-ring (bicyclic) bond motifs is 1. The van der Waals surface area contributed by atoms with E-state index in [2.05, 4.69) is 13.8 Å². The fourth-order valence-electron chi connectivity index (χ4n) is 4.80. The van der Waals surface area contributed by atoms with Crippen molar-refractivity contribution in [3.05, 3.63) is 126 Å². The molecule has 1 aromatic heterocycles. The summed E-state index contributed by atoms with van der Waals surface area (Å²) in [5, 5.41) is 8.98. The quantitative estimate of drug-likeness (QED) is 0.283. The van der Waals surface area contributed by atoms with Crippen molar-refractivity contribution in [2.45, 2.75) is 32.7 Å². The summed E-state index contributed by atoms with van der Waals surface area (Å²) >= 11 is 1.24. The smallest absolute Gasteiger partial charge is 0.338 e. The molecule has 0 bridgehead atoms. The van der Waals surface area contributed by atoms with Crippen LogP contribution < -0.4 is 19.6 Å². The Morgan fingerprint density at radius 3 is 2.46 bits per heavy atom. The molecule has 4 aromatic rings. The van der Waals surface area contributed by atoms with Crippen LogP contribution in [-0.4, -0.2) is 23.8 Å². The first-order chi connectivity index (χ1) is 19.9. The molecule has 41 heavy (non-hydrogen) atoms. The molecule has 206 valence electrons. The van der Waals surface area contributed by atoms with Gasteiger partial charge in [0.25, 0.3) is 5.56 Å². The molecule has 1 aliphatic heterocycles. The van der Waals surface area contributed by atoms with Crippen LogP contribution in [-0.2, 0) is 9.53 Å². The van der Waals surface area contributed by atoms with E-state index in [0.717, 1.165) is 16.7 Å². The second-order valence-electron chi connectivity index (χ2n) is 9.74. The molecule has 0 aliphatic carbocycles. The predicted molar refractivity (Wildman–Crippen MR) is 159 cm³/mol. The van der Waals surface area contributed by atoms with Crippen molar-refractivity contribution in [1.29, 1.82) is 5.26 Å². The van der Waals surface area contributed by atoms with Crippen LogP contribution in [0.25, 0.3) is 11.8 Å². The van der Waals surface area contributed by atoms with Gasteiger partial charge in [-0.2, -0.15) is 5.26 Å². The molecule has 8 heteroatoms. The molecule has 0 saturated heterocycles. The number of esters is 1. The average molecular weight is 564 g/mol. The van der Waals surface area contributed by atoms with Crippen LogP contribution in [0.15, 0.2) is 94.2 Å². The number of benzene rings is 3. The summed E-state index contributed by atoms with van der Waals surface area (Å²) in [5.41, 5.74) is 3.87. The molecule has 1 aliphatic rings. The number of thiazole rings is 1. The molecular weight excluding hydrogens is 534 g/mol. The van der Waals surface area contributed by atoms with E-state index in [1.807, 2.05) is 78.9 Å². The first-order valence-electron chi connectivity index (χ1n) is 13.4. The van der Waals surface area contributed by atoms with Gasteiger partial charge in [0.2, 0.25) is 0 Å². The van der Waals surface area contributed by atoms with Crippen LogP contribution in [0.1, 0.15) is 55.0 Å². The molecule has 0 fully saturated rings. The van der Waals surface area contributed by atoms with Gasteiger partial charge >= 0.3 is 5.97 Å². The molecule has 3 aromatic carbocycles. The number of hydrogen-bond acceptors (Lipinski definition) is 7. The van der Waals surface area contributed by atoms with Gasteiger partial charge in [-0.1, -0.05) is 98.0 Å². The lowest BCUT2D eigenvalue weighted by Gasteiger charge is -2.26. The molecule has 0 N–H and O–H groups in total. The number of aromatic nitrogens is 1. The predicted octanol–water partition coefficient (Wildman–Crippen LogP) is 4.96. The zero-order valence-electron chi connectivity index (χ0n) is 23.0. The Hall–Kier alpha value is -4.74. The second-order valence-corrected chi connectivity index (χ2v) is 10.7. The summed E-state index contributed by atoms with van der Waals surface area (Å²) in [7, 11) is 0. The molecule has 2 heterocycles. The van der Waals surface area contributed by atoms with Crippen LogP contribution in [0.3, 0.4) is 0 Å². The van der Waals surface area contributed by atoms with Gasteiger partial charge in [-0.05, 0) is 36.1 Å². The number of para-hydroxylation sites is 1. The minimum absolute atomic E-state index is 0.109. The third-order valence-electron chi connectivity index (χ3n) is 6.79. The van der Waals surface area contributed by atoms with Gasteiger partial charge in [0.15, 0.2) is 11.4 Å². The third-order valence-corrected chi connectivity index (χ3v) is 7.77. The van der Waals surface area contributed by atoms with Gasteiger partial charge in [0.05, 0.1) is 28.5 Å². The number of ether oxygens (including phenoxy) is 2. The fraction of sp³-hybridized carbons (Fsp3) is 0.212. The Labute approximate surface area is 242 Å². The zero-order chi connectivity index (χ0) is 28.9. The van der Waals surface area contributed by atoms with Crippen LogP contribution in [0.4, 0.5) is 0 Å². The van der Waals surface area contributed by atoms with Crippen molar-refractivity contribution in [3.8, 4) is 11.8 Å². The van der Waals surface area contributed by atoms with Gasteiger partial charge in [-0.15, -0.1) is 0 Å². The normalized spacial score (nSPS) is 14.8. The van der Waals surface area contributed by atoms with Crippen LogP contribution in [0.5, 0.6) is 5.75 Å². The van der Waals surface area contributed by atoms with E-state index < -0.39 is 12.0 Å². The topological polar surface area (TPSA) is 93.7 Å². The second kappa shape index (κ2) is 12.2. The van der Waals surface area contributed by atoms with Gasteiger partial charge in [-0.25, -0.2) is 9.79 Å². The van der Waals surface area contributed by atoms with Crippen molar-refractivity contribution in [1.82, 2.24) is 4.57 Å². The minimum atomic E-state index is -0.742. The first-order valence-corrected chi connectivity index (χ1v) is 14.2. The van der Waals surface area contributed by atoms with Crippen molar-refractivity contribution in [2.24, 2.45) is 4.99 Å². The van der Waals surface area contributed by atoms with Gasteiger partial charge in [0.1, 0.15) is 11.8 Å². The van der Waals surface area contributed by atoms with E-state index in [4.69, 9.17) is 19.7 Å². The Morgan fingerprint density at radius 2 is 1.78 bits per heavy atom. The van der Waals surface area contributed by atoms with E-state index in [-0.39, 0.29) is 18.8 Å². The molecule has 0 amide bonds. The maximum Gasteiger partial charge on any atom is 0.338 e. The maximum atomic E-state index is 14.1. The summed E-state index contributed by atoms with van der Waals surface area (Å²) in [6.07, 6.45) is 1.74. The number of carbonyl (C=O) groups is 1. The number of carbonyl (C=O) groups excluding carboxylic acids is 1. The lowest BCUT2D eigenvalue weighted by atomic mass is 9.91. The fourth-order valence-corrected chi connectivity index (χ4v) is 5.79. The molecule has 0 radical (unpaired) electrons. The molecule has 1 atom stereocenters. The van der Waals surface area contributed by atoms with Crippen LogP contribution in [0, 0.1) is 11.3 Å². The van der Waals surface area contributed by atoms with E-state index >= 15 is 0 Å². The standard InChI is InChI=1S/C33H29N3O4S/c1-4-39-32(38)28-29(23-10-6-5-7-11-23)35-33-36(30(28)24-16-14-22(15-17-24)21(2)3)31(37)27(41-33)20-25-12-8-9-13-26(25)40-19-18-34/h5-17,20-21,30H,4,19H2,1-3H3/b27-20-/t30-/m0/s1. The highest BCUT2D eigenvalue weighted by molar-refractivity contribution is 7.07. The van der Waals surface area contributed by atoms with E-state index in [1.165, 1.54) is 11.3 Å². The number of nitrogens with zero attached hydrogens (tertiary/aromatic N) is 3. The summed E-state index contributed by atoms with van der Waals surface area (Å²) in [6.45, 7) is 6.07. The summed E-state index contributed by atoms with van der Waals surface area (Å²) in [4.78, 5) is 33.0. The molecule has 0 saturated carbocycles. The summed E-state index contributed by atoms with van der Waals surface area (Å²) in [6, 6.07) is 25.9. The third kappa shape index (κ3) is 5.63. The Kier molecular flexibility index (Phi) is 8.27. The van der Waals surface area contributed by atoms with Gasteiger partial charge in [-0.3, -0.25) is 9.36 Å². The Morgan fingerprint density at radius 1 is 1.07 bits per heavy atom. The monoisotopic (exact) mass is 563 g/mol. The van der Waals surface area contributed by atoms with E-state index in [1.54, 1.807) is 23.6 Å². The zero-order valence-corrected chi connectivity index (χ0v) is 23.9. The average Bonchev–Trinajstić information content (AvgIpc) is 3.30. The Balaban J connectivity index is 1.79. The van der Waals surface area contributed by atoms with Crippen LogP contribution >= 0.6 is 11.3 Å². The lowest BCUT2D eigenvalue weighted by molar-refractivity contribution is -0.138. The summed E-state index contributed by atoms with van der Waals surface area (Å²) < 4.78 is 13.1. The molecule has 5 rings (SSSR count). The molecule has 7 nitrogen and oxygen atoms in total. The highest BCUT2D eigenvalue weighted by Crippen LogP contribution is 2.35. The Bertz CT molecular complexity index is 1830. The highest BCUT2D eigenvalue weighted by atomic mass is 32.1. The highest BCUT2D eigenvalue weighted by Gasteiger charge is 2.35. The number of hydrogen-bond donors (Lipinski definition) is 0. The van der Waals surface area contributed by atoms with Gasteiger partial charge < -0.3 is 9.47 Å². The van der Waals surface area contributed by atoms with E-state index in [0.29, 0.717) is 37.8 Å². The summed E-state index contributed by atoms with van der Waals surface area (Å²) in [5.74, 6) is 0.310. The minimum Gasteiger partial charge on any atom is -0.478 e. The maximum absolute atomic E-state index is 14.1. The van der Waals surface area contributed by atoms with Crippen molar-refractivity contribution in [3.63, 3.8) is 0 Å². The SMILES string of the molecule is CCOC(=O)C1=C(c2ccccc2)N=c2s/c(=C\c3ccccc3OCC#N)c(=O)n2[C@H]1c1ccc(C(C)C)cc1. The van der Waals surface area contributed by atoms with Gasteiger partial charge in [0, 0.05) is 11.1 Å². The van der Waals surface area contributed by atoms with Crippen molar-refractivity contribution in [2.75, 3.05) is 13.2 Å². The number of rotatable bonds is 8. The first kappa shape index (κ1) is 27.8.